The number of H-pyrrole nitrogens is 7. The number of ether oxygens (including phenoxy) is 3. The molecule has 1 fully saturated rings. The predicted molar refractivity (Wildman–Crippen MR) is 368 cm³/mol. The van der Waals surface area contributed by atoms with Gasteiger partial charge in [0.05, 0.1) is 131 Å². The average molecular weight is 1460 g/mol. The lowest BCUT2D eigenvalue weighted by Crippen LogP contribution is -2.41. The number of rotatable bonds is 8. The number of aromatic nitrogens is 13. The summed E-state index contributed by atoms with van der Waals surface area (Å²) in [4.78, 5) is 99.3. The van der Waals surface area contributed by atoms with Gasteiger partial charge < -0.3 is 59.1 Å². The number of hydrogen-bond acceptors (Lipinski definition) is 19. The van der Waals surface area contributed by atoms with E-state index in [0.29, 0.717) is 38.3 Å². The summed E-state index contributed by atoms with van der Waals surface area (Å²) in [6.07, 6.45) is 8.58. The fourth-order valence-corrected chi connectivity index (χ4v) is 9.97. The summed E-state index contributed by atoms with van der Waals surface area (Å²) in [6.45, 7) is 24.7. The van der Waals surface area contributed by atoms with Gasteiger partial charge in [0.15, 0.2) is 6.29 Å². The van der Waals surface area contributed by atoms with Crippen molar-refractivity contribution >= 4 is 140 Å². The molecule has 0 radical (unpaired) electrons. The first-order valence-electron chi connectivity index (χ1n) is 28.6. The van der Waals surface area contributed by atoms with Crippen molar-refractivity contribution in [3.8, 4) is 11.3 Å². The molecule has 1 aliphatic rings. The molecule has 11 aromatic rings. The molecule has 0 saturated carbocycles. The minimum absolute atomic E-state index is 0.0909. The van der Waals surface area contributed by atoms with E-state index in [1.807, 2.05) is 56.3 Å². The molecular formula is C63H71BBr3N15O11. The summed E-state index contributed by atoms with van der Waals surface area (Å²) < 4.78 is 27.9. The molecule has 0 aliphatic carbocycles. The topological polar surface area (TPSA) is 361 Å². The van der Waals surface area contributed by atoms with Crippen molar-refractivity contribution in [2.45, 2.75) is 105 Å². The Kier molecular flexibility index (Phi) is 23.1. The molecule has 0 unspecified atom stereocenters. The Morgan fingerprint density at radius 2 is 1.13 bits per heavy atom. The van der Waals surface area contributed by atoms with Crippen molar-refractivity contribution in [1.29, 1.82) is 0 Å². The third-order valence-electron chi connectivity index (χ3n) is 13.9. The van der Waals surface area contributed by atoms with Crippen LogP contribution in [-0.2, 0) is 23.5 Å². The number of benzene rings is 2. The number of aryl methyl sites for hydroxylation is 2. The van der Waals surface area contributed by atoms with Crippen LogP contribution >= 0.6 is 47.8 Å². The summed E-state index contributed by atoms with van der Waals surface area (Å²) in [5.41, 5.74) is 9.18. The summed E-state index contributed by atoms with van der Waals surface area (Å²) >= 11 is 9.49. The molecule has 2 aromatic carbocycles. The number of esters is 3. The second-order valence-electron chi connectivity index (χ2n) is 23.8. The van der Waals surface area contributed by atoms with Gasteiger partial charge in [-0.05, 0) is 173 Å². The first kappa shape index (κ1) is 71.3. The van der Waals surface area contributed by atoms with Crippen LogP contribution in [0.1, 0.15) is 122 Å². The Morgan fingerprint density at radius 1 is 0.613 bits per heavy atom. The van der Waals surface area contributed by atoms with E-state index < -0.39 is 13.1 Å². The highest BCUT2D eigenvalue weighted by Crippen LogP contribution is 2.37. The van der Waals surface area contributed by atoms with E-state index in [4.69, 9.17) is 29.2 Å². The maximum atomic E-state index is 12.0. The molecule has 26 nitrogen and oxygen atoms in total. The van der Waals surface area contributed by atoms with Crippen LogP contribution in [-0.4, -0.2) is 140 Å². The lowest BCUT2D eigenvalue weighted by Gasteiger charge is -2.32. The number of aromatic amines is 7. The van der Waals surface area contributed by atoms with Crippen LogP contribution in [0.5, 0.6) is 0 Å². The Hall–Kier alpha value is -9.10. The molecule has 10 heterocycles. The second-order valence-corrected chi connectivity index (χ2v) is 26.3. The van der Waals surface area contributed by atoms with E-state index in [0.717, 1.165) is 76.5 Å². The highest BCUT2D eigenvalue weighted by Gasteiger charge is 2.52. The summed E-state index contributed by atoms with van der Waals surface area (Å²) in [7, 11) is 3.52. The predicted octanol–water partition coefficient (Wildman–Crippen LogP) is 11.6. The number of carbonyl (C=O) groups excluding carboxylic acids is 4. The van der Waals surface area contributed by atoms with Crippen molar-refractivity contribution in [2.75, 3.05) is 32.0 Å². The van der Waals surface area contributed by atoms with E-state index in [1.54, 1.807) is 49.2 Å². The fourth-order valence-electron chi connectivity index (χ4n) is 8.72. The normalized spacial score (nSPS) is 12.9. The number of methoxy groups -OCH3 is 3. The number of nitrogens with one attached hydrogen (secondary N) is 9. The van der Waals surface area contributed by atoms with Crippen molar-refractivity contribution in [3.05, 3.63) is 166 Å². The lowest BCUT2D eigenvalue weighted by molar-refractivity contribution is 0.00578. The molecule has 93 heavy (non-hydrogen) atoms. The van der Waals surface area contributed by atoms with E-state index in [-0.39, 0.29) is 56.6 Å². The number of halogens is 3. The highest BCUT2D eigenvalue weighted by atomic mass is 79.9. The number of anilines is 2. The van der Waals surface area contributed by atoms with E-state index in [9.17, 15) is 28.8 Å². The number of para-hydroxylation sites is 2. The molecule has 1 aliphatic heterocycles. The molecule has 12 rings (SSSR count). The van der Waals surface area contributed by atoms with Crippen LogP contribution in [0.4, 0.5) is 11.6 Å². The SMILES string of the molecule is COC(=O)c1c[nH]c(Br)c1.COC(=O)c1cc(Br)[nH]c1C=O.COC(=O)c1cc[nH]c1.Cc1nc2cccc(-c3cc4c(=O)[nH]ncc4[nH]3)c2nc1NC(C)(C)C.Cc1nc2cccc(B3OC(C)(C)C(C)(C)O3)c2nc1NC(C)(C)C.O=c1[nH]ncc2[nH]c(Br)cc12. The van der Waals surface area contributed by atoms with Gasteiger partial charge in [-0.1, -0.05) is 24.3 Å². The Bertz CT molecular complexity index is 4560. The molecule has 9 N–H and O–H groups in total. The zero-order chi connectivity index (χ0) is 68.3. The summed E-state index contributed by atoms with van der Waals surface area (Å²) in [5, 5.41) is 20.3. The van der Waals surface area contributed by atoms with Gasteiger partial charge in [0.1, 0.15) is 17.2 Å². The van der Waals surface area contributed by atoms with Gasteiger partial charge in [-0.2, -0.15) is 10.2 Å². The number of carbonyl (C=O) groups is 4. The monoisotopic (exact) mass is 1460 g/mol. The van der Waals surface area contributed by atoms with Crippen molar-refractivity contribution in [1.82, 2.24) is 65.3 Å². The highest BCUT2D eigenvalue weighted by molar-refractivity contribution is 9.11. The van der Waals surface area contributed by atoms with Crippen LogP contribution in [0.25, 0.3) is 55.1 Å². The zero-order valence-electron chi connectivity index (χ0n) is 53.7. The molecule has 0 atom stereocenters. The molecule has 1 saturated heterocycles. The fraction of sp³-hybridized carbons (Fsp3) is 0.302. The maximum Gasteiger partial charge on any atom is 0.497 e. The van der Waals surface area contributed by atoms with Crippen LogP contribution in [0.3, 0.4) is 0 Å². The van der Waals surface area contributed by atoms with Crippen LogP contribution in [0, 0.1) is 13.8 Å². The van der Waals surface area contributed by atoms with E-state index in [2.05, 4.69) is 187 Å². The van der Waals surface area contributed by atoms with Crippen molar-refractivity contribution in [2.24, 2.45) is 0 Å². The largest absolute Gasteiger partial charge is 0.497 e. The quantitative estimate of drug-likeness (QED) is 0.0295. The number of nitrogens with zero attached hydrogens (tertiary/aromatic N) is 6. The summed E-state index contributed by atoms with van der Waals surface area (Å²) in [6, 6.07) is 20.2. The molecule has 0 spiro atoms. The van der Waals surface area contributed by atoms with Gasteiger partial charge in [-0.25, -0.2) is 44.5 Å². The Labute approximate surface area is 559 Å². The summed E-state index contributed by atoms with van der Waals surface area (Å²) in [5.74, 6) is 0.384. The van der Waals surface area contributed by atoms with Crippen LogP contribution in [0.2, 0.25) is 0 Å². The van der Waals surface area contributed by atoms with Crippen molar-refractivity contribution in [3.63, 3.8) is 0 Å². The third-order valence-corrected chi connectivity index (χ3v) is 15.2. The van der Waals surface area contributed by atoms with Crippen LogP contribution in [0.15, 0.2) is 121 Å². The molecule has 0 amide bonds. The van der Waals surface area contributed by atoms with Gasteiger partial charge in [0.2, 0.25) is 0 Å². The zero-order valence-corrected chi connectivity index (χ0v) is 58.5. The number of hydrogen-bond donors (Lipinski definition) is 9. The molecule has 488 valence electrons. The average Bonchev–Trinajstić information content (AvgIpc) is 1.70. The maximum absolute atomic E-state index is 12.0. The van der Waals surface area contributed by atoms with E-state index >= 15 is 0 Å². The smallest absolute Gasteiger partial charge is 0.465 e. The molecule has 9 aromatic heterocycles. The van der Waals surface area contributed by atoms with Gasteiger partial charge >= 0.3 is 25.0 Å². The van der Waals surface area contributed by atoms with E-state index in [1.165, 1.54) is 27.4 Å². The van der Waals surface area contributed by atoms with Crippen molar-refractivity contribution < 1.29 is 42.7 Å². The Morgan fingerprint density at radius 3 is 1.62 bits per heavy atom. The van der Waals surface area contributed by atoms with Gasteiger partial charge in [0, 0.05) is 46.4 Å². The third kappa shape index (κ3) is 18.4. The molecular weight excluding hydrogens is 1390 g/mol. The minimum atomic E-state index is -0.529. The van der Waals surface area contributed by atoms with Gasteiger partial charge in [-0.15, -0.1) is 0 Å². The molecule has 30 heteroatoms. The number of aldehydes is 1. The second kappa shape index (κ2) is 30.1. The first-order chi connectivity index (χ1) is 43.7. The standard InChI is InChI=1S/C19H28BN3O2.C19H20N6O.C7H6BrNO3.C6H4BrN3O.C6H6BrNO2.C6H7NO2/c1-12-16(23-17(2,3)4)22-15-13(10-9-11-14(15)21-12)20-24-18(5,6)19(7,8)25-20;1-10-17(24-19(2,3)4)23-16-11(6-5-7-13(16)21-10)14-8-12-15(22-14)9-20-25-18(12)26;1-12-7(11)4-2-6(8)9-5(4)3-10;7-5-1-3-4(9-5)2-8-10-6(3)11;1-10-6(9)4-2-5(7)8-3-4;1-9-6(8)5-2-3-7-4-5/h9-11H,1-8H3,(H,22,23);5-9,22H,1-4H3,(H,23,24)(H,25,26);2-3,9H,1H3;1-2,9H,(H,10,11);2-3,8H,1H3;2-4,7H,1H3. The van der Waals surface area contributed by atoms with Gasteiger partial charge in [-0.3, -0.25) is 14.4 Å². The molecule has 0 bridgehead atoms. The minimum Gasteiger partial charge on any atom is -0.465 e. The first-order valence-corrected chi connectivity index (χ1v) is 30.9. The Balaban J connectivity index is 0.000000167. The van der Waals surface area contributed by atoms with Crippen LogP contribution < -0.4 is 27.2 Å². The lowest BCUT2D eigenvalue weighted by atomic mass is 9.78. The number of fused-ring (bicyclic) bond motifs is 4. The van der Waals surface area contributed by atoms with Gasteiger partial charge in [0.25, 0.3) is 11.1 Å².